The van der Waals surface area contributed by atoms with Gasteiger partial charge < -0.3 is 0 Å². The van der Waals surface area contributed by atoms with Crippen molar-refractivity contribution in [1.82, 2.24) is 5.48 Å². The Balaban J connectivity index is 3.31. The van der Waals surface area contributed by atoms with Crippen molar-refractivity contribution >= 4 is 0 Å². The van der Waals surface area contributed by atoms with Crippen molar-refractivity contribution < 1.29 is 4.84 Å². The third-order valence-corrected chi connectivity index (χ3v) is 1.59. The highest BCUT2D eigenvalue weighted by molar-refractivity contribution is 4.58. The fraction of sp³-hybridized carbons (Fsp3) is 1.00. The predicted molar refractivity (Wildman–Crippen MR) is 52.9 cm³/mol. The maximum absolute atomic E-state index is 5.40. The molecule has 12 heavy (non-hydrogen) atoms. The molecule has 1 unspecified atom stereocenters. The van der Waals surface area contributed by atoms with Gasteiger partial charge in [-0.25, -0.2) is 5.48 Å². The second-order valence-corrected chi connectivity index (χ2v) is 4.46. The zero-order valence-corrected chi connectivity index (χ0v) is 9.11. The van der Waals surface area contributed by atoms with Crippen molar-refractivity contribution in [2.75, 3.05) is 6.54 Å². The zero-order chi connectivity index (χ0) is 9.61. The Kier molecular flexibility index (Phi) is 5.51. The summed E-state index contributed by atoms with van der Waals surface area (Å²) in [5.41, 5.74) is 2.93. The Bertz CT molecular complexity index is 107. The van der Waals surface area contributed by atoms with Gasteiger partial charge >= 0.3 is 0 Å². The Morgan fingerprint density at radius 3 is 2.33 bits per heavy atom. The van der Waals surface area contributed by atoms with Crippen LogP contribution in [0, 0.1) is 5.92 Å². The minimum Gasteiger partial charge on any atom is -0.296 e. The third kappa shape index (κ3) is 8.02. The first-order valence-corrected chi connectivity index (χ1v) is 4.86. The fourth-order valence-corrected chi connectivity index (χ4v) is 0.995. The minimum absolute atomic E-state index is 0.0774. The van der Waals surface area contributed by atoms with Gasteiger partial charge in [0.15, 0.2) is 0 Å². The molecule has 0 heterocycles. The molecule has 0 aromatic rings. The van der Waals surface area contributed by atoms with Gasteiger partial charge in [-0.3, -0.25) is 4.84 Å². The van der Waals surface area contributed by atoms with Gasteiger partial charge in [0, 0.05) is 6.54 Å². The largest absolute Gasteiger partial charge is 0.296 e. The molecule has 0 rings (SSSR count). The first-order chi connectivity index (χ1) is 5.45. The van der Waals surface area contributed by atoms with E-state index >= 15 is 0 Å². The number of hydroxylamine groups is 1. The Morgan fingerprint density at radius 1 is 1.33 bits per heavy atom. The van der Waals surface area contributed by atoms with E-state index in [2.05, 4.69) is 19.3 Å². The lowest BCUT2D eigenvalue weighted by Gasteiger charge is -2.21. The highest BCUT2D eigenvalue weighted by Gasteiger charge is 2.10. The highest BCUT2D eigenvalue weighted by atomic mass is 16.7. The average molecular weight is 173 g/mol. The van der Waals surface area contributed by atoms with Crippen LogP contribution in [-0.4, -0.2) is 12.1 Å². The average Bonchev–Trinajstić information content (AvgIpc) is 1.84. The predicted octanol–water partition coefficient (Wildman–Crippen LogP) is 2.74. The highest BCUT2D eigenvalue weighted by Crippen LogP contribution is 2.06. The van der Waals surface area contributed by atoms with Gasteiger partial charge in [-0.15, -0.1) is 0 Å². The van der Waals surface area contributed by atoms with Gasteiger partial charge in [0.1, 0.15) is 0 Å². The van der Waals surface area contributed by atoms with Gasteiger partial charge in [-0.2, -0.15) is 0 Å². The summed E-state index contributed by atoms with van der Waals surface area (Å²) in [6.45, 7) is 11.5. The molecule has 0 amide bonds. The lowest BCUT2D eigenvalue weighted by atomic mass is 10.1. The number of hydrogen-bond donors (Lipinski definition) is 1. The van der Waals surface area contributed by atoms with Gasteiger partial charge in [0.05, 0.1) is 5.60 Å². The molecular weight excluding hydrogens is 150 g/mol. The molecular formula is C10H23NO. The summed E-state index contributed by atoms with van der Waals surface area (Å²) in [6.07, 6.45) is 2.51. The van der Waals surface area contributed by atoms with Crippen LogP contribution in [-0.2, 0) is 4.84 Å². The van der Waals surface area contributed by atoms with Gasteiger partial charge in [0.25, 0.3) is 0 Å². The second kappa shape index (κ2) is 5.55. The third-order valence-electron chi connectivity index (χ3n) is 1.59. The van der Waals surface area contributed by atoms with Gasteiger partial charge in [-0.05, 0) is 33.1 Å². The van der Waals surface area contributed by atoms with E-state index in [9.17, 15) is 0 Å². The zero-order valence-electron chi connectivity index (χ0n) is 9.11. The van der Waals surface area contributed by atoms with Crippen molar-refractivity contribution in [3.63, 3.8) is 0 Å². The number of rotatable bonds is 5. The van der Waals surface area contributed by atoms with E-state index in [-0.39, 0.29) is 5.60 Å². The molecule has 0 radical (unpaired) electrons. The smallest absolute Gasteiger partial charge is 0.0812 e. The van der Waals surface area contributed by atoms with Crippen LogP contribution < -0.4 is 5.48 Å². The van der Waals surface area contributed by atoms with E-state index < -0.39 is 0 Å². The minimum atomic E-state index is -0.0774. The maximum Gasteiger partial charge on any atom is 0.0812 e. The topological polar surface area (TPSA) is 21.3 Å². The molecule has 0 aromatic carbocycles. The summed E-state index contributed by atoms with van der Waals surface area (Å²) in [5, 5.41) is 0. The van der Waals surface area contributed by atoms with Crippen LogP contribution in [0.4, 0.5) is 0 Å². The van der Waals surface area contributed by atoms with Crippen molar-refractivity contribution in [3.05, 3.63) is 0 Å². The molecule has 1 N–H and O–H groups in total. The van der Waals surface area contributed by atoms with E-state index in [1.54, 1.807) is 0 Å². The van der Waals surface area contributed by atoms with E-state index in [1.807, 2.05) is 20.8 Å². The molecule has 2 nitrogen and oxygen atoms in total. The summed E-state index contributed by atoms with van der Waals surface area (Å²) in [4.78, 5) is 5.40. The van der Waals surface area contributed by atoms with Gasteiger partial charge in [0.2, 0.25) is 0 Å². The lowest BCUT2D eigenvalue weighted by molar-refractivity contribution is -0.0765. The molecule has 0 aliphatic carbocycles. The van der Waals surface area contributed by atoms with Crippen LogP contribution in [0.3, 0.4) is 0 Å². The maximum atomic E-state index is 5.40. The van der Waals surface area contributed by atoms with E-state index in [0.29, 0.717) is 5.92 Å². The molecule has 0 bridgehead atoms. The fourth-order valence-electron chi connectivity index (χ4n) is 0.995. The summed E-state index contributed by atoms with van der Waals surface area (Å²) >= 11 is 0. The monoisotopic (exact) mass is 173 g/mol. The van der Waals surface area contributed by atoms with E-state index in [1.165, 1.54) is 12.8 Å². The molecule has 0 spiro atoms. The molecule has 0 fully saturated rings. The van der Waals surface area contributed by atoms with Crippen LogP contribution in [0.5, 0.6) is 0 Å². The van der Waals surface area contributed by atoms with Crippen molar-refractivity contribution in [1.29, 1.82) is 0 Å². The Labute approximate surface area is 76.6 Å². The van der Waals surface area contributed by atoms with E-state index in [0.717, 1.165) is 6.54 Å². The quantitative estimate of drug-likeness (QED) is 0.645. The van der Waals surface area contributed by atoms with Crippen LogP contribution >= 0.6 is 0 Å². The first kappa shape index (κ1) is 11.9. The SMILES string of the molecule is CCCC(C)CNOC(C)(C)C. The van der Waals surface area contributed by atoms with Crippen LogP contribution in [0.1, 0.15) is 47.5 Å². The van der Waals surface area contributed by atoms with E-state index in [4.69, 9.17) is 4.84 Å². The number of hydrogen-bond acceptors (Lipinski definition) is 2. The molecule has 74 valence electrons. The molecule has 0 aliphatic heterocycles. The summed E-state index contributed by atoms with van der Waals surface area (Å²) < 4.78 is 0. The Morgan fingerprint density at radius 2 is 1.92 bits per heavy atom. The van der Waals surface area contributed by atoms with Crippen LogP contribution in [0.15, 0.2) is 0 Å². The molecule has 0 aliphatic rings. The summed E-state index contributed by atoms with van der Waals surface area (Å²) in [6, 6.07) is 0. The first-order valence-electron chi connectivity index (χ1n) is 4.86. The Hall–Kier alpha value is -0.0800. The standard InChI is InChI=1S/C10H23NO/c1-6-7-9(2)8-11-12-10(3,4)5/h9,11H,6-8H2,1-5H3. The van der Waals surface area contributed by atoms with Crippen LogP contribution in [0.25, 0.3) is 0 Å². The molecule has 0 saturated carbocycles. The summed E-state index contributed by atoms with van der Waals surface area (Å²) in [7, 11) is 0. The molecule has 1 atom stereocenters. The van der Waals surface area contributed by atoms with Crippen LogP contribution in [0.2, 0.25) is 0 Å². The van der Waals surface area contributed by atoms with Gasteiger partial charge in [-0.1, -0.05) is 20.3 Å². The normalized spacial score (nSPS) is 14.8. The summed E-state index contributed by atoms with van der Waals surface area (Å²) in [5.74, 6) is 0.706. The van der Waals surface area contributed by atoms with Crippen molar-refractivity contribution in [2.45, 2.75) is 53.1 Å². The molecule has 0 aromatic heterocycles. The number of nitrogens with one attached hydrogen (secondary N) is 1. The molecule has 2 heteroatoms. The van der Waals surface area contributed by atoms with Crippen molar-refractivity contribution in [2.24, 2.45) is 5.92 Å². The molecule has 0 saturated heterocycles. The second-order valence-electron chi connectivity index (χ2n) is 4.46. The van der Waals surface area contributed by atoms with Crippen molar-refractivity contribution in [3.8, 4) is 0 Å². The lowest BCUT2D eigenvalue weighted by Crippen LogP contribution is -2.31.